The molecule has 170 valence electrons. The van der Waals surface area contributed by atoms with Crippen LogP contribution in [-0.4, -0.2) is 53.5 Å². The van der Waals surface area contributed by atoms with Crippen LogP contribution in [0.4, 0.5) is 5.95 Å². The van der Waals surface area contributed by atoms with Gasteiger partial charge in [0.2, 0.25) is 5.95 Å². The molecule has 0 amide bonds. The SMILES string of the molecule is CCOc1ccccc1CCC(=O)C(C#N)c1nnc(N2CCOCC2)n1-c1ccccc1. The Morgan fingerprint density at radius 2 is 1.85 bits per heavy atom. The first-order chi connectivity index (χ1) is 16.2. The van der Waals surface area contributed by atoms with Crippen molar-refractivity contribution in [3.8, 4) is 17.5 Å². The van der Waals surface area contributed by atoms with Gasteiger partial charge in [0.05, 0.1) is 31.6 Å². The molecule has 0 saturated carbocycles. The molecule has 1 unspecified atom stereocenters. The number of ketones is 1. The second-order valence-corrected chi connectivity index (χ2v) is 7.70. The molecular weight excluding hydrogens is 418 g/mol. The first-order valence-corrected chi connectivity index (χ1v) is 11.2. The van der Waals surface area contributed by atoms with E-state index in [2.05, 4.69) is 21.2 Å². The van der Waals surface area contributed by atoms with E-state index < -0.39 is 5.92 Å². The lowest BCUT2D eigenvalue weighted by Gasteiger charge is -2.28. The molecule has 3 aromatic rings. The van der Waals surface area contributed by atoms with Crippen LogP contribution in [0.1, 0.15) is 30.7 Å². The zero-order valence-electron chi connectivity index (χ0n) is 18.7. The molecule has 2 aromatic carbocycles. The molecule has 2 heterocycles. The third-order valence-corrected chi connectivity index (χ3v) is 5.60. The summed E-state index contributed by atoms with van der Waals surface area (Å²) in [5.74, 6) is 0.513. The van der Waals surface area contributed by atoms with Gasteiger partial charge in [0.1, 0.15) is 5.75 Å². The summed E-state index contributed by atoms with van der Waals surface area (Å²) in [4.78, 5) is 15.3. The van der Waals surface area contributed by atoms with Gasteiger partial charge in [-0.2, -0.15) is 5.26 Å². The predicted octanol–water partition coefficient (Wildman–Crippen LogP) is 3.31. The largest absolute Gasteiger partial charge is 0.494 e. The first kappa shape index (κ1) is 22.5. The molecule has 0 radical (unpaired) electrons. The Labute approximate surface area is 193 Å². The van der Waals surface area contributed by atoms with Crippen molar-refractivity contribution in [2.75, 3.05) is 37.8 Å². The lowest BCUT2D eigenvalue weighted by molar-refractivity contribution is -0.119. The number of ether oxygens (including phenoxy) is 2. The number of Topliss-reactive ketones (excluding diaryl/α,β-unsaturated/α-hetero) is 1. The van der Waals surface area contributed by atoms with E-state index in [1.165, 1.54) is 0 Å². The molecule has 0 aliphatic carbocycles. The van der Waals surface area contributed by atoms with Crippen molar-refractivity contribution in [2.24, 2.45) is 0 Å². The van der Waals surface area contributed by atoms with Crippen LogP contribution in [0, 0.1) is 11.3 Å². The number of morpholine rings is 1. The number of nitrogens with zero attached hydrogens (tertiary/aromatic N) is 5. The van der Waals surface area contributed by atoms with Crippen molar-refractivity contribution in [2.45, 2.75) is 25.7 Å². The van der Waals surface area contributed by atoms with Crippen LogP contribution in [-0.2, 0) is 16.0 Å². The molecule has 4 rings (SSSR count). The first-order valence-electron chi connectivity index (χ1n) is 11.2. The fourth-order valence-corrected chi connectivity index (χ4v) is 3.95. The number of aryl methyl sites for hydroxylation is 1. The summed E-state index contributed by atoms with van der Waals surface area (Å²) in [7, 11) is 0. The smallest absolute Gasteiger partial charge is 0.232 e. The van der Waals surface area contributed by atoms with Gasteiger partial charge in [0.25, 0.3) is 0 Å². The highest BCUT2D eigenvalue weighted by Gasteiger charge is 2.30. The molecule has 8 heteroatoms. The quantitative estimate of drug-likeness (QED) is 0.499. The summed E-state index contributed by atoms with van der Waals surface area (Å²) in [5, 5.41) is 18.7. The molecule has 0 bridgehead atoms. The Bertz CT molecular complexity index is 1120. The van der Waals surface area contributed by atoms with Crippen molar-refractivity contribution in [1.82, 2.24) is 14.8 Å². The van der Waals surface area contributed by atoms with E-state index in [4.69, 9.17) is 9.47 Å². The molecule has 0 spiro atoms. The lowest BCUT2D eigenvalue weighted by atomic mass is 9.97. The number of carbonyl (C=O) groups excluding carboxylic acids is 1. The maximum Gasteiger partial charge on any atom is 0.232 e. The maximum atomic E-state index is 13.2. The Morgan fingerprint density at radius 1 is 1.12 bits per heavy atom. The molecule has 1 fully saturated rings. The van der Waals surface area contributed by atoms with Gasteiger partial charge in [-0.05, 0) is 37.1 Å². The van der Waals surface area contributed by atoms with Crippen LogP contribution in [0.2, 0.25) is 0 Å². The van der Waals surface area contributed by atoms with E-state index in [-0.39, 0.29) is 12.2 Å². The van der Waals surface area contributed by atoms with Crippen molar-refractivity contribution in [3.05, 3.63) is 66.0 Å². The number of carbonyl (C=O) groups is 1. The van der Waals surface area contributed by atoms with Gasteiger partial charge in [-0.3, -0.25) is 9.36 Å². The number of aromatic nitrogens is 3. The van der Waals surface area contributed by atoms with Crippen LogP contribution in [0.3, 0.4) is 0 Å². The van der Waals surface area contributed by atoms with Crippen LogP contribution < -0.4 is 9.64 Å². The third kappa shape index (κ3) is 5.04. The number of hydrogen-bond acceptors (Lipinski definition) is 7. The van der Waals surface area contributed by atoms with E-state index in [0.717, 1.165) is 17.0 Å². The van der Waals surface area contributed by atoms with Crippen LogP contribution in [0.15, 0.2) is 54.6 Å². The third-order valence-electron chi connectivity index (χ3n) is 5.60. The number of hydrogen-bond donors (Lipinski definition) is 0. The van der Waals surface area contributed by atoms with Gasteiger partial charge in [-0.25, -0.2) is 0 Å². The fraction of sp³-hybridized carbons (Fsp3) is 0.360. The molecule has 1 aromatic heterocycles. The highest BCUT2D eigenvalue weighted by Crippen LogP contribution is 2.28. The Kier molecular flexibility index (Phi) is 7.33. The summed E-state index contributed by atoms with van der Waals surface area (Å²) in [6.07, 6.45) is 0.694. The molecule has 33 heavy (non-hydrogen) atoms. The minimum atomic E-state index is -1.02. The Hall–Kier alpha value is -3.70. The zero-order valence-corrected chi connectivity index (χ0v) is 18.7. The minimum Gasteiger partial charge on any atom is -0.494 e. The zero-order chi connectivity index (χ0) is 23.0. The van der Waals surface area contributed by atoms with E-state index in [9.17, 15) is 10.1 Å². The number of nitriles is 1. The summed E-state index contributed by atoms with van der Waals surface area (Å²) in [5.41, 5.74) is 1.76. The molecular formula is C25H27N5O3. The average molecular weight is 446 g/mol. The topological polar surface area (TPSA) is 93.3 Å². The Morgan fingerprint density at radius 3 is 2.58 bits per heavy atom. The van der Waals surface area contributed by atoms with Gasteiger partial charge >= 0.3 is 0 Å². The van der Waals surface area contributed by atoms with Gasteiger partial charge in [-0.1, -0.05) is 36.4 Å². The lowest BCUT2D eigenvalue weighted by Crippen LogP contribution is -2.38. The van der Waals surface area contributed by atoms with E-state index >= 15 is 0 Å². The van der Waals surface area contributed by atoms with Gasteiger partial charge in [-0.15, -0.1) is 10.2 Å². The van der Waals surface area contributed by atoms with Gasteiger partial charge < -0.3 is 14.4 Å². The monoisotopic (exact) mass is 445 g/mol. The van der Waals surface area contributed by atoms with Gasteiger partial charge in [0.15, 0.2) is 17.5 Å². The molecule has 0 N–H and O–H groups in total. The number of anilines is 1. The summed E-state index contributed by atoms with van der Waals surface area (Å²) in [6, 6.07) is 19.4. The molecule has 8 nitrogen and oxygen atoms in total. The number of rotatable bonds is 9. The summed E-state index contributed by atoms with van der Waals surface area (Å²) in [6.45, 7) is 5.01. The summed E-state index contributed by atoms with van der Waals surface area (Å²) >= 11 is 0. The Balaban J connectivity index is 1.62. The highest BCUT2D eigenvalue weighted by molar-refractivity contribution is 5.88. The second-order valence-electron chi connectivity index (χ2n) is 7.70. The number of benzene rings is 2. The standard InChI is InChI=1S/C25H27N5O3/c1-2-33-23-11-7-6-8-19(23)12-13-22(31)21(18-26)24-27-28-25(29-14-16-32-17-15-29)30(24)20-9-4-3-5-10-20/h3-11,21H,2,12-17H2,1H3. The van der Waals surface area contributed by atoms with Crippen molar-refractivity contribution in [1.29, 1.82) is 5.26 Å². The maximum absolute atomic E-state index is 13.2. The predicted molar refractivity (Wildman–Crippen MR) is 124 cm³/mol. The summed E-state index contributed by atoms with van der Waals surface area (Å²) < 4.78 is 13.0. The molecule has 1 aliphatic rings. The van der Waals surface area contributed by atoms with Crippen molar-refractivity contribution in [3.63, 3.8) is 0 Å². The molecule has 1 atom stereocenters. The second kappa shape index (κ2) is 10.7. The van der Waals surface area contributed by atoms with E-state index in [1.54, 1.807) is 0 Å². The van der Waals surface area contributed by atoms with Crippen molar-refractivity contribution >= 4 is 11.7 Å². The van der Waals surface area contributed by atoms with E-state index in [0.29, 0.717) is 51.1 Å². The van der Waals surface area contributed by atoms with Crippen molar-refractivity contribution < 1.29 is 14.3 Å². The van der Waals surface area contributed by atoms with Crippen LogP contribution in [0.25, 0.3) is 5.69 Å². The normalized spacial score (nSPS) is 14.5. The molecule has 1 saturated heterocycles. The highest BCUT2D eigenvalue weighted by atomic mass is 16.5. The van der Waals surface area contributed by atoms with Crippen LogP contribution >= 0.6 is 0 Å². The minimum absolute atomic E-state index is 0.193. The van der Waals surface area contributed by atoms with Gasteiger partial charge in [0, 0.05) is 19.5 Å². The van der Waals surface area contributed by atoms with Crippen LogP contribution in [0.5, 0.6) is 5.75 Å². The van der Waals surface area contributed by atoms with E-state index in [1.807, 2.05) is 66.1 Å². The average Bonchev–Trinajstić information content (AvgIpc) is 3.30. The fourth-order valence-electron chi connectivity index (χ4n) is 3.95. The molecule has 1 aliphatic heterocycles. The number of para-hydroxylation sites is 2.